The highest BCUT2D eigenvalue weighted by Gasteiger charge is 2.17. The van der Waals surface area contributed by atoms with Gasteiger partial charge in [0.15, 0.2) is 0 Å². The SMILES string of the molecule is NCC1CCc2cc(Br)ccc2O1. The molecule has 0 fully saturated rings. The molecule has 0 saturated carbocycles. The van der Waals surface area contributed by atoms with E-state index >= 15 is 0 Å². The Kier molecular flexibility index (Phi) is 2.56. The van der Waals surface area contributed by atoms with Gasteiger partial charge in [-0.15, -0.1) is 0 Å². The van der Waals surface area contributed by atoms with Crippen molar-refractivity contribution in [2.24, 2.45) is 5.73 Å². The van der Waals surface area contributed by atoms with Gasteiger partial charge < -0.3 is 10.5 Å². The summed E-state index contributed by atoms with van der Waals surface area (Å²) >= 11 is 3.44. The molecular formula is C10H12BrNO. The Labute approximate surface area is 86.2 Å². The van der Waals surface area contributed by atoms with Crippen LogP contribution >= 0.6 is 15.9 Å². The molecule has 1 aliphatic heterocycles. The standard InChI is InChI=1S/C10H12BrNO/c11-8-2-4-10-7(5-8)1-3-9(6-12)13-10/h2,4-5,9H,1,3,6,12H2. The zero-order valence-corrected chi connectivity index (χ0v) is 8.88. The Morgan fingerprint density at radius 3 is 3.15 bits per heavy atom. The number of halogens is 1. The second-order valence-electron chi connectivity index (χ2n) is 3.27. The lowest BCUT2D eigenvalue weighted by Gasteiger charge is -2.24. The third-order valence-corrected chi connectivity index (χ3v) is 2.81. The Bertz CT molecular complexity index is 314. The summed E-state index contributed by atoms with van der Waals surface area (Å²) in [6.45, 7) is 0.607. The Balaban J connectivity index is 2.26. The van der Waals surface area contributed by atoms with Crippen molar-refractivity contribution in [3.05, 3.63) is 28.2 Å². The number of benzene rings is 1. The van der Waals surface area contributed by atoms with E-state index in [9.17, 15) is 0 Å². The second kappa shape index (κ2) is 3.68. The highest BCUT2D eigenvalue weighted by molar-refractivity contribution is 9.10. The van der Waals surface area contributed by atoms with Gasteiger partial charge in [-0.2, -0.15) is 0 Å². The van der Waals surface area contributed by atoms with Crippen molar-refractivity contribution < 1.29 is 4.74 Å². The van der Waals surface area contributed by atoms with E-state index < -0.39 is 0 Å². The number of hydrogen-bond acceptors (Lipinski definition) is 2. The second-order valence-corrected chi connectivity index (χ2v) is 4.18. The maximum Gasteiger partial charge on any atom is 0.123 e. The Morgan fingerprint density at radius 1 is 1.54 bits per heavy atom. The van der Waals surface area contributed by atoms with Gasteiger partial charge in [0.2, 0.25) is 0 Å². The van der Waals surface area contributed by atoms with Gasteiger partial charge in [-0.25, -0.2) is 0 Å². The van der Waals surface area contributed by atoms with Crippen LogP contribution in [0.2, 0.25) is 0 Å². The molecule has 0 radical (unpaired) electrons. The quantitative estimate of drug-likeness (QED) is 0.818. The van der Waals surface area contributed by atoms with Crippen LogP contribution in [0.3, 0.4) is 0 Å². The highest BCUT2D eigenvalue weighted by atomic mass is 79.9. The third kappa shape index (κ3) is 1.86. The van der Waals surface area contributed by atoms with Crippen LogP contribution in [0, 0.1) is 0 Å². The van der Waals surface area contributed by atoms with Gasteiger partial charge in [-0.1, -0.05) is 15.9 Å². The number of aryl methyl sites for hydroxylation is 1. The van der Waals surface area contributed by atoms with Crippen LogP contribution in [0.25, 0.3) is 0 Å². The first-order valence-electron chi connectivity index (χ1n) is 4.45. The van der Waals surface area contributed by atoms with E-state index in [1.54, 1.807) is 0 Å². The minimum Gasteiger partial charge on any atom is -0.489 e. The average Bonchev–Trinajstić information content (AvgIpc) is 2.17. The van der Waals surface area contributed by atoms with Crippen LogP contribution < -0.4 is 10.5 Å². The fraction of sp³-hybridized carbons (Fsp3) is 0.400. The smallest absolute Gasteiger partial charge is 0.123 e. The molecule has 1 aromatic carbocycles. The third-order valence-electron chi connectivity index (χ3n) is 2.31. The molecule has 1 heterocycles. The topological polar surface area (TPSA) is 35.2 Å². The summed E-state index contributed by atoms with van der Waals surface area (Å²) in [7, 11) is 0. The summed E-state index contributed by atoms with van der Waals surface area (Å²) in [4.78, 5) is 0. The van der Waals surface area contributed by atoms with Crippen molar-refractivity contribution in [2.75, 3.05) is 6.54 Å². The van der Waals surface area contributed by atoms with E-state index in [-0.39, 0.29) is 6.10 Å². The van der Waals surface area contributed by atoms with Crippen LogP contribution in [0.5, 0.6) is 5.75 Å². The molecule has 13 heavy (non-hydrogen) atoms. The molecule has 1 atom stereocenters. The number of ether oxygens (including phenoxy) is 1. The predicted molar refractivity (Wildman–Crippen MR) is 55.9 cm³/mol. The molecule has 1 aliphatic rings. The van der Waals surface area contributed by atoms with Gasteiger partial charge in [0.25, 0.3) is 0 Å². The average molecular weight is 242 g/mol. The largest absolute Gasteiger partial charge is 0.489 e. The number of fused-ring (bicyclic) bond motifs is 1. The van der Waals surface area contributed by atoms with Crippen molar-refractivity contribution in [3.8, 4) is 5.75 Å². The van der Waals surface area contributed by atoms with Crippen LogP contribution in [0.4, 0.5) is 0 Å². The first-order valence-corrected chi connectivity index (χ1v) is 5.24. The van der Waals surface area contributed by atoms with Crippen LogP contribution in [-0.4, -0.2) is 12.6 Å². The monoisotopic (exact) mass is 241 g/mol. The van der Waals surface area contributed by atoms with E-state index in [2.05, 4.69) is 22.0 Å². The lowest BCUT2D eigenvalue weighted by Crippen LogP contribution is -2.30. The van der Waals surface area contributed by atoms with Crippen molar-refractivity contribution in [1.82, 2.24) is 0 Å². The minimum atomic E-state index is 0.202. The van der Waals surface area contributed by atoms with Crippen LogP contribution in [0.1, 0.15) is 12.0 Å². The number of nitrogens with two attached hydrogens (primary N) is 1. The van der Waals surface area contributed by atoms with Crippen LogP contribution in [0.15, 0.2) is 22.7 Å². The maximum atomic E-state index is 5.69. The summed E-state index contributed by atoms with van der Waals surface area (Å²) in [6.07, 6.45) is 2.30. The molecule has 2 rings (SSSR count). The zero-order chi connectivity index (χ0) is 9.26. The molecule has 1 aromatic rings. The Hall–Kier alpha value is -0.540. The molecule has 0 spiro atoms. The van der Waals surface area contributed by atoms with Gasteiger partial charge in [-0.3, -0.25) is 0 Å². The zero-order valence-electron chi connectivity index (χ0n) is 7.29. The minimum absolute atomic E-state index is 0.202. The van der Waals surface area contributed by atoms with Crippen molar-refractivity contribution in [2.45, 2.75) is 18.9 Å². The lowest BCUT2D eigenvalue weighted by molar-refractivity contribution is 0.181. The molecule has 1 unspecified atom stereocenters. The summed E-state index contributed by atoms with van der Waals surface area (Å²) in [5, 5.41) is 0. The van der Waals surface area contributed by atoms with E-state index in [1.807, 2.05) is 12.1 Å². The van der Waals surface area contributed by atoms with Gasteiger partial charge in [0.05, 0.1) is 0 Å². The molecule has 0 saturated heterocycles. The fourth-order valence-electron chi connectivity index (χ4n) is 1.58. The molecule has 2 nitrogen and oxygen atoms in total. The summed E-state index contributed by atoms with van der Waals surface area (Å²) in [5.74, 6) is 0.991. The summed E-state index contributed by atoms with van der Waals surface area (Å²) in [5.41, 5.74) is 6.83. The Morgan fingerprint density at radius 2 is 2.38 bits per heavy atom. The number of hydrogen-bond donors (Lipinski definition) is 1. The van der Waals surface area contributed by atoms with Crippen molar-refractivity contribution >= 4 is 15.9 Å². The van der Waals surface area contributed by atoms with Gasteiger partial charge in [0, 0.05) is 11.0 Å². The first kappa shape index (κ1) is 9.03. The molecule has 0 aliphatic carbocycles. The first-order chi connectivity index (χ1) is 6.29. The summed E-state index contributed by atoms with van der Waals surface area (Å²) in [6, 6.07) is 6.11. The van der Waals surface area contributed by atoms with Gasteiger partial charge in [0.1, 0.15) is 11.9 Å². The van der Waals surface area contributed by atoms with Crippen molar-refractivity contribution in [1.29, 1.82) is 0 Å². The molecular weight excluding hydrogens is 230 g/mol. The maximum absolute atomic E-state index is 5.69. The fourth-order valence-corrected chi connectivity index (χ4v) is 1.99. The summed E-state index contributed by atoms with van der Waals surface area (Å²) < 4.78 is 6.80. The molecule has 0 amide bonds. The van der Waals surface area contributed by atoms with Gasteiger partial charge >= 0.3 is 0 Å². The molecule has 2 N–H and O–H groups in total. The van der Waals surface area contributed by atoms with E-state index in [0.29, 0.717) is 6.54 Å². The molecule has 0 aromatic heterocycles. The normalized spacial score (nSPS) is 20.6. The van der Waals surface area contributed by atoms with Gasteiger partial charge in [-0.05, 0) is 36.6 Å². The molecule has 70 valence electrons. The number of rotatable bonds is 1. The van der Waals surface area contributed by atoms with Crippen LogP contribution in [-0.2, 0) is 6.42 Å². The van der Waals surface area contributed by atoms with E-state index in [0.717, 1.165) is 23.1 Å². The molecule has 0 bridgehead atoms. The van der Waals surface area contributed by atoms with E-state index in [4.69, 9.17) is 10.5 Å². The highest BCUT2D eigenvalue weighted by Crippen LogP contribution is 2.29. The molecule has 3 heteroatoms. The van der Waals surface area contributed by atoms with Crippen molar-refractivity contribution in [3.63, 3.8) is 0 Å². The van der Waals surface area contributed by atoms with E-state index in [1.165, 1.54) is 5.56 Å². The predicted octanol–water partition coefficient (Wildman–Crippen LogP) is 2.10. The lowest BCUT2D eigenvalue weighted by atomic mass is 10.0.